The van der Waals surface area contributed by atoms with Crippen LogP contribution in [0.4, 0.5) is 0 Å². The van der Waals surface area contributed by atoms with Crippen molar-refractivity contribution in [2.45, 2.75) is 12.6 Å². The number of benzene rings is 2. The number of aliphatic imine (C=N–C) groups is 1. The highest BCUT2D eigenvalue weighted by molar-refractivity contribution is 14.0. The van der Waals surface area contributed by atoms with Crippen LogP contribution in [0, 0.1) is 0 Å². The number of aromatic nitrogens is 1. The first-order valence-electron chi connectivity index (χ1n) is 8.99. The van der Waals surface area contributed by atoms with Crippen molar-refractivity contribution in [2.24, 2.45) is 4.99 Å². The molecule has 28 heavy (non-hydrogen) atoms. The number of hydrogen-bond donors (Lipinski definition) is 2. The molecule has 4 rings (SSSR count). The van der Waals surface area contributed by atoms with Crippen LogP contribution in [-0.4, -0.2) is 37.2 Å². The first-order chi connectivity index (χ1) is 13.3. The summed E-state index contributed by atoms with van der Waals surface area (Å²) in [6.45, 7) is 1.74. The van der Waals surface area contributed by atoms with Gasteiger partial charge in [-0.2, -0.15) is 0 Å². The molecule has 1 aliphatic heterocycles. The normalized spacial score (nSPS) is 15.6. The molecule has 0 amide bonds. The summed E-state index contributed by atoms with van der Waals surface area (Å²) in [6, 6.07) is 17.9. The Bertz CT molecular complexity index is 959. The minimum atomic E-state index is -0.0716. The summed E-state index contributed by atoms with van der Waals surface area (Å²) >= 11 is 0. The van der Waals surface area contributed by atoms with Crippen LogP contribution in [0.3, 0.4) is 0 Å². The lowest BCUT2D eigenvalue weighted by molar-refractivity contribution is 0.0936. The second kappa shape index (κ2) is 9.59. The molecule has 0 spiro atoms. The first-order valence-corrected chi connectivity index (χ1v) is 8.99. The minimum absolute atomic E-state index is 0. The summed E-state index contributed by atoms with van der Waals surface area (Å²) in [5, 5.41) is 7.77. The molecule has 2 heterocycles. The number of ether oxygens (including phenoxy) is 2. The largest absolute Gasteiger partial charge is 0.486 e. The molecule has 0 aliphatic carbocycles. The molecule has 0 fully saturated rings. The van der Waals surface area contributed by atoms with E-state index in [4.69, 9.17) is 9.47 Å². The molecule has 0 radical (unpaired) electrons. The highest BCUT2D eigenvalue weighted by Gasteiger charge is 2.20. The summed E-state index contributed by atoms with van der Waals surface area (Å²) in [6.07, 6.45) is 1.75. The van der Waals surface area contributed by atoms with E-state index in [1.807, 2.05) is 42.6 Å². The first kappa shape index (κ1) is 20.2. The van der Waals surface area contributed by atoms with Gasteiger partial charge >= 0.3 is 0 Å². The Hall–Kier alpha value is -2.55. The van der Waals surface area contributed by atoms with E-state index in [2.05, 4.69) is 38.8 Å². The maximum absolute atomic E-state index is 5.97. The maximum Gasteiger partial charge on any atom is 0.191 e. The monoisotopic (exact) mass is 490 g/mol. The Labute approximate surface area is 181 Å². The standard InChI is InChI=1S/C21H22N4O2.HI/c1-22-21(24-12-16-7-4-6-15-8-5-11-23-20(15)16)25-13-17-14-26-18-9-2-3-10-19(18)27-17;/h2-11,17H,12-14H2,1H3,(H2,22,24,25);1H. The molecule has 146 valence electrons. The number of para-hydroxylation sites is 3. The lowest BCUT2D eigenvalue weighted by Gasteiger charge is -2.27. The van der Waals surface area contributed by atoms with Crippen LogP contribution in [-0.2, 0) is 6.54 Å². The molecule has 7 heteroatoms. The summed E-state index contributed by atoms with van der Waals surface area (Å²) in [5.41, 5.74) is 2.13. The van der Waals surface area contributed by atoms with Crippen LogP contribution in [0.15, 0.2) is 65.8 Å². The van der Waals surface area contributed by atoms with Gasteiger partial charge in [0.1, 0.15) is 12.7 Å². The van der Waals surface area contributed by atoms with Gasteiger partial charge in [0.2, 0.25) is 0 Å². The maximum atomic E-state index is 5.97. The molecular weight excluding hydrogens is 467 g/mol. The molecule has 0 saturated carbocycles. The van der Waals surface area contributed by atoms with Crippen molar-refractivity contribution in [2.75, 3.05) is 20.2 Å². The van der Waals surface area contributed by atoms with Crippen LogP contribution in [0.1, 0.15) is 5.56 Å². The molecule has 2 N–H and O–H groups in total. The van der Waals surface area contributed by atoms with Crippen LogP contribution in [0.25, 0.3) is 10.9 Å². The third-order valence-electron chi connectivity index (χ3n) is 4.45. The average molecular weight is 490 g/mol. The average Bonchev–Trinajstić information content (AvgIpc) is 2.74. The molecule has 0 bridgehead atoms. The predicted octanol–water partition coefficient (Wildman–Crippen LogP) is 3.36. The number of guanidine groups is 1. The Morgan fingerprint density at radius 3 is 2.75 bits per heavy atom. The Morgan fingerprint density at radius 2 is 1.89 bits per heavy atom. The fourth-order valence-electron chi connectivity index (χ4n) is 3.08. The number of nitrogens with one attached hydrogen (secondary N) is 2. The van der Waals surface area contributed by atoms with Crippen LogP contribution >= 0.6 is 24.0 Å². The van der Waals surface area contributed by atoms with Gasteiger partial charge in [0.15, 0.2) is 17.5 Å². The van der Waals surface area contributed by atoms with Crippen LogP contribution < -0.4 is 20.1 Å². The number of fused-ring (bicyclic) bond motifs is 2. The topological polar surface area (TPSA) is 67.8 Å². The van der Waals surface area contributed by atoms with Gasteiger partial charge < -0.3 is 20.1 Å². The molecule has 6 nitrogen and oxygen atoms in total. The zero-order chi connectivity index (χ0) is 18.5. The van der Waals surface area contributed by atoms with E-state index in [0.717, 1.165) is 28.0 Å². The van der Waals surface area contributed by atoms with Gasteiger partial charge in [-0.1, -0.05) is 36.4 Å². The molecule has 1 atom stereocenters. The third-order valence-corrected chi connectivity index (χ3v) is 4.45. The van der Waals surface area contributed by atoms with E-state index in [0.29, 0.717) is 25.7 Å². The Balaban J connectivity index is 0.00000225. The SMILES string of the molecule is CN=C(NCc1cccc2cccnc12)NCC1COc2ccccc2O1.I. The molecule has 1 unspecified atom stereocenters. The number of hydrogen-bond acceptors (Lipinski definition) is 4. The second-order valence-electron chi connectivity index (χ2n) is 6.30. The van der Waals surface area contributed by atoms with Crippen molar-refractivity contribution >= 4 is 40.8 Å². The summed E-state index contributed by atoms with van der Waals surface area (Å²) in [5.74, 6) is 2.28. The van der Waals surface area contributed by atoms with Gasteiger partial charge in [-0.3, -0.25) is 9.98 Å². The fourth-order valence-corrected chi connectivity index (χ4v) is 3.08. The highest BCUT2D eigenvalue weighted by atomic mass is 127. The van der Waals surface area contributed by atoms with Crippen molar-refractivity contribution < 1.29 is 9.47 Å². The minimum Gasteiger partial charge on any atom is -0.486 e. The third kappa shape index (κ3) is 4.64. The Morgan fingerprint density at radius 1 is 1.07 bits per heavy atom. The van der Waals surface area contributed by atoms with E-state index in [1.165, 1.54) is 0 Å². The lowest BCUT2D eigenvalue weighted by atomic mass is 10.1. The smallest absolute Gasteiger partial charge is 0.191 e. The van der Waals surface area contributed by atoms with Gasteiger partial charge in [-0.05, 0) is 23.8 Å². The lowest BCUT2D eigenvalue weighted by Crippen LogP contribution is -2.45. The fraction of sp³-hybridized carbons (Fsp3) is 0.238. The van der Waals surface area contributed by atoms with Crippen LogP contribution in [0.2, 0.25) is 0 Å². The van der Waals surface area contributed by atoms with Crippen molar-refractivity contribution in [3.8, 4) is 11.5 Å². The van der Waals surface area contributed by atoms with Crippen molar-refractivity contribution in [1.29, 1.82) is 0 Å². The summed E-state index contributed by atoms with van der Waals surface area (Å²) in [7, 11) is 1.75. The Kier molecular flexibility index (Phi) is 6.91. The number of rotatable bonds is 4. The van der Waals surface area contributed by atoms with Gasteiger partial charge in [0.05, 0.1) is 12.1 Å². The van der Waals surface area contributed by atoms with Gasteiger partial charge in [-0.25, -0.2) is 0 Å². The summed E-state index contributed by atoms with van der Waals surface area (Å²) in [4.78, 5) is 8.78. The van der Waals surface area contributed by atoms with E-state index < -0.39 is 0 Å². The van der Waals surface area contributed by atoms with E-state index in [9.17, 15) is 0 Å². The van der Waals surface area contributed by atoms with E-state index in [-0.39, 0.29) is 30.1 Å². The molecule has 2 aromatic carbocycles. The quantitative estimate of drug-likeness (QED) is 0.334. The molecular formula is C21H23IN4O2. The second-order valence-corrected chi connectivity index (χ2v) is 6.30. The number of nitrogens with zero attached hydrogens (tertiary/aromatic N) is 2. The zero-order valence-corrected chi connectivity index (χ0v) is 17.9. The van der Waals surface area contributed by atoms with Gasteiger partial charge in [0, 0.05) is 25.2 Å². The predicted molar refractivity (Wildman–Crippen MR) is 122 cm³/mol. The molecule has 0 saturated heterocycles. The van der Waals surface area contributed by atoms with Crippen molar-refractivity contribution in [3.05, 3.63) is 66.4 Å². The van der Waals surface area contributed by atoms with Gasteiger partial charge in [-0.15, -0.1) is 24.0 Å². The molecule has 3 aromatic rings. The summed E-state index contributed by atoms with van der Waals surface area (Å²) < 4.78 is 11.7. The number of halogens is 1. The van der Waals surface area contributed by atoms with Crippen molar-refractivity contribution in [3.63, 3.8) is 0 Å². The van der Waals surface area contributed by atoms with Gasteiger partial charge in [0.25, 0.3) is 0 Å². The van der Waals surface area contributed by atoms with Crippen molar-refractivity contribution in [1.82, 2.24) is 15.6 Å². The molecule has 1 aliphatic rings. The zero-order valence-electron chi connectivity index (χ0n) is 15.6. The van der Waals surface area contributed by atoms with E-state index in [1.54, 1.807) is 7.05 Å². The molecule has 1 aromatic heterocycles. The number of pyridine rings is 1. The van der Waals surface area contributed by atoms with Crippen LogP contribution in [0.5, 0.6) is 11.5 Å². The van der Waals surface area contributed by atoms with E-state index >= 15 is 0 Å². The highest BCUT2D eigenvalue weighted by Crippen LogP contribution is 2.30.